The fraction of sp³-hybridized carbons (Fsp3) is 0.138. The normalized spacial score (nSPS) is 14.8. The van der Waals surface area contributed by atoms with Crippen LogP contribution >= 0.6 is 0 Å². The first-order valence-electron chi connectivity index (χ1n) is 11.9. The van der Waals surface area contributed by atoms with Gasteiger partial charge >= 0.3 is 0 Å². The second-order valence-electron chi connectivity index (χ2n) is 8.77. The zero-order valence-electron chi connectivity index (χ0n) is 20.5. The van der Waals surface area contributed by atoms with E-state index in [0.717, 1.165) is 45.0 Å². The molecule has 0 unspecified atom stereocenters. The van der Waals surface area contributed by atoms with Crippen molar-refractivity contribution in [2.45, 2.75) is 12.7 Å². The van der Waals surface area contributed by atoms with Gasteiger partial charge in [-0.2, -0.15) is 0 Å². The largest absolute Gasteiger partial charge is 0.497 e. The van der Waals surface area contributed by atoms with E-state index >= 15 is 0 Å². The van der Waals surface area contributed by atoms with Gasteiger partial charge in [-0.05, 0) is 66.2 Å². The van der Waals surface area contributed by atoms with E-state index in [1.165, 1.54) is 0 Å². The van der Waals surface area contributed by atoms with E-state index in [-0.39, 0.29) is 5.91 Å². The second-order valence-corrected chi connectivity index (χ2v) is 8.77. The van der Waals surface area contributed by atoms with Crippen LogP contribution in [-0.4, -0.2) is 35.1 Å². The minimum atomic E-state index is -0.437. The van der Waals surface area contributed by atoms with Crippen LogP contribution in [0.3, 0.4) is 0 Å². The summed E-state index contributed by atoms with van der Waals surface area (Å²) in [7, 11) is 3.28. The number of carbonyl (C=O) groups excluding carboxylic acids is 1. The zero-order chi connectivity index (χ0) is 25.4. The molecule has 0 fully saturated rings. The Balaban J connectivity index is 1.44. The van der Waals surface area contributed by atoms with Gasteiger partial charge in [-0.15, -0.1) is 5.10 Å². The summed E-state index contributed by atoms with van der Waals surface area (Å²) in [5.41, 5.74) is 5.79. The molecule has 0 saturated carbocycles. The van der Waals surface area contributed by atoms with Gasteiger partial charge in [0.05, 0.1) is 31.8 Å². The van der Waals surface area contributed by atoms with Gasteiger partial charge in [0.25, 0.3) is 5.91 Å². The van der Waals surface area contributed by atoms with Crippen molar-refractivity contribution in [2.75, 3.05) is 24.4 Å². The summed E-state index contributed by atoms with van der Waals surface area (Å²) in [6.07, 6.45) is -0.437. The summed E-state index contributed by atoms with van der Waals surface area (Å²) in [5.74, 6) is 1.39. The van der Waals surface area contributed by atoms with E-state index in [2.05, 4.69) is 21.7 Å². The molecule has 37 heavy (non-hydrogen) atoms. The number of ether oxygens (including phenoxy) is 2. The maximum absolute atomic E-state index is 13.8. The topological polar surface area (TPSA) is 81.5 Å². The first kappa shape index (κ1) is 22.6. The van der Waals surface area contributed by atoms with Crippen LogP contribution in [0, 0.1) is 0 Å². The molecule has 8 heteroatoms. The lowest BCUT2D eigenvalue weighted by Gasteiger charge is -2.38. The highest BCUT2D eigenvalue weighted by Gasteiger charge is 2.34. The minimum Gasteiger partial charge on any atom is -0.497 e. The fourth-order valence-corrected chi connectivity index (χ4v) is 4.78. The Kier molecular flexibility index (Phi) is 5.69. The van der Waals surface area contributed by atoms with E-state index in [4.69, 9.17) is 9.47 Å². The number of hydrogen-bond donors (Lipinski definition) is 1. The molecule has 1 aromatic heterocycles. The molecule has 1 aliphatic rings. The average Bonchev–Trinajstić information content (AvgIpc) is 3.36. The molecule has 184 valence electrons. The van der Waals surface area contributed by atoms with Crippen molar-refractivity contribution in [1.82, 2.24) is 15.0 Å². The molecular weight excluding hydrogens is 466 g/mol. The third-order valence-electron chi connectivity index (χ3n) is 6.64. The van der Waals surface area contributed by atoms with E-state index in [1.807, 2.05) is 89.6 Å². The van der Waals surface area contributed by atoms with E-state index in [0.29, 0.717) is 12.1 Å². The Morgan fingerprint density at radius 2 is 1.68 bits per heavy atom. The third kappa shape index (κ3) is 4.02. The SMILES string of the molecule is COc1ccc(N2C(=O)c3ccccc3N[C@@H]2c2ccc(OC)c(Cn3nnc4ccccc43)c2)cc1. The van der Waals surface area contributed by atoms with Crippen molar-refractivity contribution in [3.63, 3.8) is 0 Å². The van der Waals surface area contributed by atoms with E-state index in [9.17, 15) is 4.79 Å². The number of nitrogens with zero attached hydrogens (tertiary/aromatic N) is 4. The van der Waals surface area contributed by atoms with Crippen molar-refractivity contribution in [3.05, 3.63) is 108 Å². The van der Waals surface area contributed by atoms with Gasteiger partial charge in [0.2, 0.25) is 0 Å². The maximum atomic E-state index is 13.8. The van der Waals surface area contributed by atoms with Crippen molar-refractivity contribution in [2.24, 2.45) is 0 Å². The summed E-state index contributed by atoms with van der Waals surface area (Å²) in [5, 5.41) is 12.2. The molecule has 1 aliphatic heterocycles. The van der Waals surface area contributed by atoms with Crippen LogP contribution in [0.1, 0.15) is 27.7 Å². The molecule has 0 aliphatic carbocycles. The molecule has 5 aromatic rings. The van der Waals surface area contributed by atoms with Crippen LogP contribution in [0.5, 0.6) is 11.5 Å². The molecule has 0 spiro atoms. The van der Waals surface area contributed by atoms with Crippen molar-refractivity contribution >= 4 is 28.3 Å². The molecule has 0 saturated heterocycles. The Morgan fingerprint density at radius 3 is 2.49 bits per heavy atom. The summed E-state index contributed by atoms with van der Waals surface area (Å²) in [6.45, 7) is 0.470. The predicted octanol–water partition coefficient (Wildman–Crippen LogP) is 5.27. The maximum Gasteiger partial charge on any atom is 0.262 e. The van der Waals surface area contributed by atoms with Crippen LogP contribution in [0.15, 0.2) is 91.0 Å². The van der Waals surface area contributed by atoms with Crippen LogP contribution < -0.4 is 19.7 Å². The molecule has 6 rings (SSSR count). The monoisotopic (exact) mass is 491 g/mol. The quantitative estimate of drug-likeness (QED) is 0.349. The number of nitrogens with one attached hydrogen (secondary N) is 1. The van der Waals surface area contributed by atoms with Crippen LogP contribution in [0.4, 0.5) is 11.4 Å². The van der Waals surface area contributed by atoms with Gasteiger partial charge in [-0.1, -0.05) is 35.5 Å². The van der Waals surface area contributed by atoms with Crippen LogP contribution in [-0.2, 0) is 6.54 Å². The molecule has 1 N–H and O–H groups in total. The Morgan fingerprint density at radius 1 is 0.892 bits per heavy atom. The van der Waals surface area contributed by atoms with Gasteiger partial charge in [0.1, 0.15) is 23.2 Å². The molecule has 2 heterocycles. The molecule has 4 aromatic carbocycles. The summed E-state index contributed by atoms with van der Waals surface area (Å²) in [4.78, 5) is 15.5. The van der Waals surface area contributed by atoms with Crippen LogP contribution in [0.25, 0.3) is 11.0 Å². The highest BCUT2D eigenvalue weighted by atomic mass is 16.5. The van der Waals surface area contributed by atoms with E-state index in [1.54, 1.807) is 19.1 Å². The molecule has 0 bridgehead atoms. The van der Waals surface area contributed by atoms with Gasteiger partial charge in [-0.3, -0.25) is 9.69 Å². The summed E-state index contributed by atoms with van der Waals surface area (Å²) < 4.78 is 12.9. The summed E-state index contributed by atoms with van der Waals surface area (Å²) >= 11 is 0. The lowest BCUT2D eigenvalue weighted by molar-refractivity contribution is 0.0975. The van der Waals surface area contributed by atoms with Gasteiger partial charge in [0.15, 0.2) is 0 Å². The van der Waals surface area contributed by atoms with Gasteiger partial charge in [0, 0.05) is 16.9 Å². The third-order valence-corrected chi connectivity index (χ3v) is 6.64. The number of benzene rings is 4. The smallest absolute Gasteiger partial charge is 0.262 e. The van der Waals surface area contributed by atoms with Crippen molar-refractivity contribution in [3.8, 4) is 11.5 Å². The number of para-hydroxylation sites is 2. The zero-order valence-corrected chi connectivity index (χ0v) is 20.5. The van der Waals surface area contributed by atoms with Gasteiger partial charge < -0.3 is 14.8 Å². The number of anilines is 2. The lowest BCUT2D eigenvalue weighted by atomic mass is 10.0. The number of rotatable bonds is 6. The first-order valence-corrected chi connectivity index (χ1v) is 11.9. The van der Waals surface area contributed by atoms with Crippen molar-refractivity contribution < 1.29 is 14.3 Å². The number of carbonyl (C=O) groups is 1. The molecule has 1 atom stereocenters. The van der Waals surface area contributed by atoms with Crippen LogP contribution in [0.2, 0.25) is 0 Å². The average molecular weight is 492 g/mol. The highest BCUT2D eigenvalue weighted by molar-refractivity contribution is 6.12. The summed E-state index contributed by atoms with van der Waals surface area (Å²) in [6, 6.07) is 28.9. The second kappa shape index (κ2) is 9.31. The van der Waals surface area contributed by atoms with Gasteiger partial charge in [-0.25, -0.2) is 4.68 Å². The standard InChI is InChI=1S/C29H25N5O3/c1-36-22-14-12-21(13-15-22)34-28(30-24-8-4-3-7-23(24)29(34)35)19-11-16-27(37-2)20(17-19)18-33-26-10-6-5-9-25(26)31-32-33/h3-17,28,30H,18H2,1-2H3/t28-/m0/s1. The minimum absolute atomic E-state index is 0.0795. The van der Waals surface area contributed by atoms with E-state index < -0.39 is 6.17 Å². The number of aromatic nitrogens is 3. The Hall–Kier alpha value is -4.85. The lowest BCUT2D eigenvalue weighted by Crippen LogP contribution is -2.43. The highest BCUT2D eigenvalue weighted by Crippen LogP contribution is 2.38. The Bertz CT molecular complexity index is 1600. The first-order chi connectivity index (χ1) is 18.2. The molecule has 8 nitrogen and oxygen atoms in total. The number of amides is 1. The number of fused-ring (bicyclic) bond motifs is 2. The molecule has 1 amide bonds. The Labute approximate surface area is 214 Å². The number of hydrogen-bond acceptors (Lipinski definition) is 6. The molecule has 0 radical (unpaired) electrons. The molecular formula is C29H25N5O3. The van der Waals surface area contributed by atoms with Crippen molar-refractivity contribution in [1.29, 1.82) is 0 Å². The predicted molar refractivity (Wildman–Crippen MR) is 142 cm³/mol. The number of methoxy groups -OCH3 is 2. The fourth-order valence-electron chi connectivity index (χ4n) is 4.78.